The van der Waals surface area contributed by atoms with Crippen LogP contribution >= 0.6 is 0 Å². The molecule has 5 nitrogen and oxygen atoms in total. The smallest absolute Gasteiger partial charge is 0.150 e. The summed E-state index contributed by atoms with van der Waals surface area (Å²) < 4.78 is 7.81. The molecule has 5 heteroatoms. The Morgan fingerprint density at radius 1 is 1.33 bits per heavy atom. The Balaban J connectivity index is 2.30. The number of nitrogen functional groups attached to an aromatic ring is 1. The second-order valence-corrected chi connectivity index (χ2v) is 5.21. The summed E-state index contributed by atoms with van der Waals surface area (Å²) in [6, 6.07) is 0. The molecule has 18 heavy (non-hydrogen) atoms. The van der Waals surface area contributed by atoms with E-state index < -0.39 is 0 Å². The van der Waals surface area contributed by atoms with Crippen molar-refractivity contribution in [2.75, 3.05) is 23.7 Å². The molecule has 1 saturated heterocycles. The Kier molecular flexibility index (Phi) is 3.80. The van der Waals surface area contributed by atoms with Gasteiger partial charge in [-0.25, -0.2) is 4.68 Å². The van der Waals surface area contributed by atoms with Crippen molar-refractivity contribution < 1.29 is 4.74 Å². The number of aromatic nitrogens is 2. The topological polar surface area (TPSA) is 56.3 Å². The average molecular weight is 252 g/mol. The number of nitrogens with two attached hydrogens (primary N) is 1. The zero-order valence-electron chi connectivity index (χ0n) is 11.8. The van der Waals surface area contributed by atoms with Gasteiger partial charge in [0.05, 0.1) is 23.6 Å². The van der Waals surface area contributed by atoms with Crippen LogP contribution in [0.3, 0.4) is 0 Å². The minimum atomic E-state index is 0.235. The number of morpholine rings is 1. The second kappa shape index (κ2) is 5.18. The lowest BCUT2D eigenvalue weighted by Gasteiger charge is -2.37. The average Bonchev–Trinajstić information content (AvgIpc) is 2.54. The molecule has 0 spiro atoms. The highest BCUT2D eigenvalue weighted by atomic mass is 16.5. The van der Waals surface area contributed by atoms with Crippen LogP contribution in [0.15, 0.2) is 0 Å². The first-order valence-corrected chi connectivity index (χ1v) is 6.76. The van der Waals surface area contributed by atoms with Crippen LogP contribution in [0.2, 0.25) is 0 Å². The van der Waals surface area contributed by atoms with Crippen molar-refractivity contribution in [2.45, 2.75) is 52.9 Å². The summed E-state index contributed by atoms with van der Waals surface area (Å²) in [5.74, 6) is 1.07. The van der Waals surface area contributed by atoms with Crippen molar-refractivity contribution >= 4 is 11.5 Å². The van der Waals surface area contributed by atoms with E-state index in [0.717, 1.165) is 43.3 Å². The third-order valence-electron chi connectivity index (χ3n) is 3.30. The summed E-state index contributed by atoms with van der Waals surface area (Å²) >= 11 is 0. The van der Waals surface area contributed by atoms with Gasteiger partial charge in [0.15, 0.2) is 5.82 Å². The lowest BCUT2D eigenvalue weighted by atomic mass is 10.2. The molecule has 1 aliphatic heterocycles. The SMILES string of the molecule is CCCn1nc(C)c(N)c1N1C[C@@H](C)O[C@@H](C)C1. The molecule has 0 saturated carbocycles. The normalized spacial score (nSPS) is 24.6. The van der Waals surface area contributed by atoms with E-state index >= 15 is 0 Å². The molecule has 1 aromatic rings. The first kappa shape index (κ1) is 13.2. The standard InChI is InChI=1S/C13H24N4O/c1-5-6-17-13(12(14)11(4)15-17)16-7-9(2)18-10(3)8-16/h9-10H,5-8,14H2,1-4H3/t9-,10+. The van der Waals surface area contributed by atoms with E-state index in [1.165, 1.54) is 0 Å². The largest absolute Gasteiger partial charge is 0.394 e. The van der Waals surface area contributed by atoms with Crippen molar-refractivity contribution in [2.24, 2.45) is 0 Å². The number of ether oxygens (including phenoxy) is 1. The lowest BCUT2D eigenvalue weighted by Crippen LogP contribution is -2.46. The maximum atomic E-state index is 6.19. The third kappa shape index (κ3) is 2.46. The van der Waals surface area contributed by atoms with Crippen molar-refractivity contribution in [3.63, 3.8) is 0 Å². The van der Waals surface area contributed by atoms with Crippen LogP contribution in [0, 0.1) is 6.92 Å². The molecule has 2 rings (SSSR count). The molecule has 0 aliphatic carbocycles. The Morgan fingerprint density at radius 3 is 2.50 bits per heavy atom. The van der Waals surface area contributed by atoms with Crippen LogP contribution in [-0.2, 0) is 11.3 Å². The van der Waals surface area contributed by atoms with Gasteiger partial charge in [-0.15, -0.1) is 0 Å². The molecule has 2 N–H and O–H groups in total. The predicted molar refractivity (Wildman–Crippen MR) is 73.9 cm³/mol. The van der Waals surface area contributed by atoms with Gasteiger partial charge in [-0.2, -0.15) is 5.10 Å². The third-order valence-corrected chi connectivity index (χ3v) is 3.30. The van der Waals surface area contributed by atoms with E-state index in [1.807, 2.05) is 11.6 Å². The minimum Gasteiger partial charge on any atom is -0.394 e. The first-order valence-electron chi connectivity index (χ1n) is 6.76. The van der Waals surface area contributed by atoms with Gasteiger partial charge >= 0.3 is 0 Å². The fourth-order valence-corrected chi connectivity index (χ4v) is 2.64. The zero-order valence-corrected chi connectivity index (χ0v) is 11.8. The zero-order chi connectivity index (χ0) is 13.3. The summed E-state index contributed by atoms with van der Waals surface area (Å²) in [4.78, 5) is 2.31. The number of rotatable bonds is 3. The predicted octanol–water partition coefficient (Wildman–Crippen LogP) is 1.80. The Bertz CT molecular complexity index is 405. The molecule has 1 aromatic heterocycles. The van der Waals surface area contributed by atoms with Gasteiger partial charge in [0, 0.05) is 19.6 Å². The molecule has 1 aliphatic rings. The van der Waals surface area contributed by atoms with E-state index in [9.17, 15) is 0 Å². The fourth-order valence-electron chi connectivity index (χ4n) is 2.64. The molecule has 0 amide bonds. The number of nitrogens with zero attached hydrogens (tertiary/aromatic N) is 3. The van der Waals surface area contributed by atoms with Gasteiger partial charge in [-0.05, 0) is 27.2 Å². The summed E-state index contributed by atoms with van der Waals surface area (Å²) in [6.45, 7) is 11.0. The van der Waals surface area contributed by atoms with Gasteiger partial charge in [-0.1, -0.05) is 6.92 Å². The molecule has 0 radical (unpaired) electrons. The first-order chi connectivity index (χ1) is 8.52. The molecule has 2 atom stereocenters. The molecule has 102 valence electrons. The van der Waals surface area contributed by atoms with Gasteiger partial charge in [-0.3, -0.25) is 0 Å². The van der Waals surface area contributed by atoms with Crippen molar-refractivity contribution in [3.05, 3.63) is 5.69 Å². The van der Waals surface area contributed by atoms with Crippen molar-refractivity contribution in [3.8, 4) is 0 Å². The Morgan fingerprint density at radius 2 is 1.94 bits per heavy atom. The van der Waals surface area contributed by atoms with Crippen LogP contribution in [-0.4, -0.2) is 35.1 Å². The number of anilines is 2. The minimum absolute atomic E-state index is 0.235. The van der Waals surface area contributed by atoms with E-state index in [2.05, 4.69) is 30.8 Å². The second-order valence-electron chi connectivity index (χ2n) is 5.21. The molecular formula is C13H24N4O. The summed E-state index contributed by atoms with van der Waals surface area (Å²) in [7, 11) is 0. The summed E-state index contributed by atoms with van der Waals surface area (Å²) in [5, 5.41) is 4.53. The highest BCUT2D eigenvalue weighted by Crippen LogP contribution is 2.29. The quantitative estimate of drug-likeness (QED) is 0.891. The van der Waals surface area contributed by atoms with Crippen LogP contribution in [0.5, 0.6) is 0 Å². The van der Waals surface area contributed by atoms with Gasteiger partial charge in [0.25, 0.3) is 0 Å². The number of hydrogen-bond acceptors (Lipinski definition) is 4. The monoisotopic (exact) mass is 252 g/mol. The Hall–Kier alpha value is -1.23. The van der Waals surface area contributed by atoms with E-state index in [-0.39, 0.29) is 12.2 Å². The molecular weight excluding hydrogens is 228 g/mol. The lowest BCUT2D eigenvalue weighted by molar-refractivity contribution is -0.00565. The van der Waals surface area contributed by atoms with E-state index in [0.29, 0.717) is 0 Å². The number of hydrogen-bond donors (Lipinski definition) is 1. The molecule has 1 fully saturated rings. The molecule has 0 aromatic carbocycles. The van der Waals surface area contributed by atoms with Gasteiger partial charge in [0.2, 0.25) is 0 Å². The Labute approximate surface area is 109 Å². The fraction of sp³-hybridized carbons (Fsp3) is 0.769. The van der Waals surface area contributed by atoms with Gasteiger partial charge in [0.1, 0.15) is 0 Å². The van der Waals surface area contributed by atoms with Crippen LogP contribution < -0.4 is 10.6 Å². The van der Waals surface area contributed by atoms with Crippen molar-refractivity contribution in [1.82, 2.24) is 9.78 Å². The highest BCUT2D eigenvalue weighted by Gasteiger charge is 2.27. The van der Waals surface area contributed by atoms with Crippen molar-refractivity contribution in [1.29, 1.82) is 0 Å². The van der Waals surface area contributed by atoms with E-state index in [4.69, 9.17) is 10.5 Å². The molecule has 0 unspecified atom stereocenters. The summed E-state index contributed by atoms with van der Waals surface area (Å²) in [5.41, 5.74) is 7.92. The van der Waals surface area contributed by atoms with Crippen LogP contribution in [0.4, 0.5) is 11.5 Å². The molecule has 0 bridgehead atoms. The van der Waals surface area contributed by atoms with Gasteiger partial charge < -0.3 is 15.4 Å². The maximum Gasteiger partial charge on any atom is 0.150 e. The summed E-state index contributed by atoms with van der Waals surface area (Å²) in [6.07, 6.45) is 1.53. The highest BCUT2D eigenvalue weighted by molar-refractivity contribution is 5.66. The van der Waals surface area contributed by atoms with Crippen LogP contribution in [0.25, 0.3) is 0 Å². The molecule has 2 heterocycles. The van der Waals surface area contributed by atoms with Crippen LogP contribution in [0.1, 0.15) is 32.9 Å². The maximum absolute atomic E-state index is 6.19. The number of aryl methyl sites for hydroxylation is 2. The van der Waals surface area contributed by atoms with E-state index in [1.54, 1.807) is 0 Å².